The molecule has 1 rings (SSSR count). The molecule has 0 bridgehead atoms. The van der Waals surface area contributed by atoms with Crippen molar-refractivity contribution in [3.05, 3.63) is 35.4 Å². The van der Waals surface area contributed by atoms with Gasteiger partial charge in [-0.1, -0.05) is 41.6 Å². The number of amidine groups is 1. The molecule has 16 heavy (non-hydrogen) atoms. The molecule has 0 fully saturated rings. The minimum atomic E-state index is 0.740. The Morgan fingerprint density at radius 2 is 2.31 bits per heavy atom. The van der Waals surface area contributed by atoms with E-state index in [2.05, 4.69) is 30.1 Å². The highest BCUT2D eigenvalue weighted by Crippen LogP contribution is 2.10. The molecule has 1 aromatic carbocycles. The molecule has 0 saturated carbocycles. The van der Waals surface area contributed by atoms with Gasteiger partial charge in [-0.2, -0.15) is 5.26 Å². The molecule has 0 atom stereocenters. The number of thioether (sulfide) groups is 1. The molecule has 0 radical (unpaired) electrons. The van der Waals surface area contributed by atoms with Gasteiger partial charge in [-0.25, -0.2) is 0 Å². The Labute approximate surface area is 101 Å². The second-order valence-corrected chi connectivity index (χ2v) is 4.32. The zero-order valence-corrected chi connectivity index (χ0v) is 10.6. The minimum absolute atomic E-state index is 0.740. The predicted octanol–water partition coefficient (Wildman–Crippen LogP) is 2.63. The molecule has 0 N–H and O–H groups in total. The normalized spacial score (nSPS) is 11.0. The quantitative estimate of drug-likeness (QED) is 0.448. The van der Waals surface area contributed by atoms with Gasteiger partial charge >= 0.3 is 0 Å². The molecule has 3 nitrogen and oxygen atoms in total. The molecule has 0 aliphatic carbocycles. The average molecular weight is 233 g/mol. The summed E-state index contributed by atoms with van der Waals surface area (Å²) in [5, 5.41) is 9.29. The van der Waals surface area contributed by atoms with E-state index in [1.165, 1.54) is 22.9 Å². The molecule has 1 aromatic rings. The number of rotatable bonds is 2. The van der Waals surface area contributed by atoms with E-state index in [0.717, 1.165) is 11.7 Å². The van der Waals surface area contributed by atoms with E-state index in [9.17, 15) is 0 Å². The molecule has 0 heterocycles. The summed E-state index contributed by atoms with van der Waals surface area (Å²) in [4.78, 5) is 5.75. The summed E-state index contributed by atoms with van der Waals surface area (Å²) in [7, 11) is 1.94. The van der Waals surface area contributed by atoms with Gasteiger partial charge in [0.15, 0.2) is 5.17 Å². The predicted molar refractivity (Wildman–Crippen MR) is 69.2 cm³/mol. The number of hydrogen-bond acceptors (Lipinski definition) is 3. The summed E-state index contributed by atoms with van der Waals surface area (Å²) in [6, 6.07) is 8.33. The van der Waals surface area contributed by atoms with Crippen molar-refractivity contribution in [1.82, 2.24) is 4.90 Å². The van der Waals surface area contributed by atoms with Crippen LogP contribution >= 0.6 is 11.8 Å². The lowest BCUT2D eigenvalue weighted by Crippen LogP contribution is -2.23. The van der Waals surface area contributed by atoms with E-state index in [1.807, 2.05) is 30.5 Å². The molecule has 0 saturated heterocycles. The SMILES string of the molecule is CSC(=NC#N)N(C)Cc1cccc(C)c1. The first-order valence-electron chi connectivity index (χ1n) is 4.95. The number of nitriles is 1. The van der Waals surface area contributed by atoms with Gasteiger partial charge in [-0.05, 0) is 18.7 Å². The lowest BCUT2D eigenvalue weighted by molar-refractivity contribution is 0.511. The highest BCUT2D eigenvalue weighted by Gasteiger charge is 2.05. The Balaban J connectivity index is 2.74. The van der Waals surface area contributed by atoms with Crippen LogP contribution in [-0.2, 0) is 6.54 Å². The third-order valence-electron chi connectivity index (χ3n) is 2.16. The first kappa shape index (κ1) is 12.6. The fourth-order valence-electron chi connectivity index (χ4n) is 1.48. The number of hydrogen-bond donors (Lipinski definition) is 0. The standard InChI is InChI=1S/C12H15N3S/c1-10-5-4-6-11(7-10)8-15(2)12(16-3)14-9-13/h4-7H,8H2,1-3H3. The van der Waals surface area contributed by atoms with Crippen molar-refractivity contribution >= 4 is 16.9 Å². The minimum Gasteiger partial charge on any atom is -0.349 e. The molecular formula is C12H15N3S. The van der Waals surface area contributed by atoms with E-state index in [-0.39, 0.29) is 0 Å². The van der Waals surface area contributed by atoms with Gasteiger partial charge < -0.3 is 4.90 Å². The van der Waals surface area contributed by atoms with E-state index in [4.69, 9.17) is 5.26 Å². The van der Waals surface area contributed by atoms with Gasteiger partial charge in [0.2, 0.25) is 6.19 Å². The van der Waals surface area contributed by atoms with Crippen molar-refractivity contribution in [3.8, 4) is 6.19 Å². The molecule has 0 aliphatic rings. The van der Waals surface area contributed by atoms with Crippen molar-refractivity contribution in [1.29, 1.82) is 5.26 Å². The molecular weight excluding hydrogens is 218 g/mol. The Morgan fingerprint density at radius 3 is 2.88 bits per heavy atom. The fraction of sp³-hybridized carbons (Fsp3) is 0.333. The Morgan fingerprint density at radius 1 is 1.56 bits per heavy atom. The number of aliphatic imine (C=N–C) groups is 1. The van der Waals surface area contributed by atoms with Gasteiger partial charge in [0.05, 0.1) is 0 Å². The number of nitrogens with zero attached hydrogens (tertiary/aromatic N) is 3. The third kappa shape index (κ3) is 3.59. The van der Waals surface area contributed by atoms with Crippen LogP contribution in [0.15, 0.2) is 29.3 Å². The number of benzene rings is 1. The van der Waals surface area contributed by atoms with Gasteiger partial charge in [0.1, 0.15) is 0 Å². The summed E-state index contributed by atoms with van der Waals surface area (Å²) >= 11 is 1.48. The third-order valence-corrected chi connectivity index (χ3v) is 2.93. The van der Waals surface area contributed by atoms with Crippen LogP contribution in [0.4, 0.5) is 0 Å². The smallest absolute Gasteiger partial charge is 0.208 e. The maximum atomic E-state index is 8.55. The van der Waals surface area contributed by atoms with Gasteiger partial charge in [0.25, 0.3) is 0 Å². The summed E-state index contributed by atoms with van der Waals surface area (Å²) in [5.41, 5.74) is 2.47. The average Bonchev–Trinajstić information content (AvgIpc) is 2.25. The second kappa shape index (κ2) is 6.19. The number of aryl methyl sites for hydroxylation is 1. The summed E-state index contributed by atoms with van der Waals surface area (Å²) in [6.45, 7) is 2.84. The Kier molecular flexibility index (Phi) is 4.87. The highest BCUT2D eigenvalue weighted by atomic mass is 32.2. The highest BCUT2D eigenvalue weighted by molar-refractivity contribution is 8.13. The monoisotopic (exact) mass is 233 g/mol. The van der Waals surface area contributed by atoms with Gasteiger partial charge in [0, 0.05) is 13.6 Å². The van der Waals surface area contributed by atoms with Crippen molar-refractivity contribution in [2.75, 3.05) is 13.3 Å². The summed E-state index contributed by atoms with van der Waals surface area (Å²) in [6.07, 6.45) is 3.74. The topological polar surface area (TPSA) is 39.4 Å². The molecule has 0 spiro atoms. The van der Waals surface area contributed by atoms with Gasteiger partial charge in [-0.15, -0.1) is 4.99 Å². The van der Waals surface area contributed by atoms with Crippen LogP contribution < -0.4 is 0 Å². The van der Waals surface area contributed by atoms with Crippen molar-refractivity contribution in [2.45, 2.75) is 13.5 Å². The van der Waals surface area contributed by atoms with Crippen molar-refractivity contribution < 1.29 is 0 Å². The van der Waals surface area contributed by atoms with Crippen molar-refractivity contribution in [3.63, 3.8) is 0 Å². The molecule has 0 amide bonds. The Hall–Kier alpha value is -1.47. The lowest BCUT2D eigenvalue weighted by atomic mass is 10.1. The van der Waals surface area contributed by atoms with Crippen LogP contribution in [0.1, 0.15) is 11.1 Å². The van der Waals surface area contributed by atoms with Crippen LogP contribution in [0.3, 0.4) is 0 Å². The maximum Gasteiger partial charge on any atom is 0.208 e. The van der Waals surface area contributed by atoms with E-state index in [1.54, 1.807) is 0 Å². The Bertz CT molecular complexity index is 421. The van der Waals surface area contributed by atoms with Crippen LogP contribution in [-0.4, -0.2) is 23.4 Å². The molecule has 4 heteroatoms. The summed E-state index contributed by atoms with van der Waals surface area (Å²) < 4.78 is 0. The molecule has 0 aromatic heterocycles. The van der Waals surface area contributed by atoms with Crippen molar-refractivity contribution in [2.24, 2.45) is 4.99 Å². The van der Waals surface area contributed by atoms with E-state index < -0.39 is 0 Å². The zero-order chi connectivity index (χ0) is 12.0. The second-order valence-electron chi connectivity index (χ2n) is 3.54. The molecule has 84 valence electrons. The van der Waals surface area contributed by atoms with Crippen LogP contribution in [0.5, 0.6) is 0 Å². The van der Waals surface area contributed by atoms with Crippen LogP contribution in [0, 0.1) is 18.4 Å². The first-order chi connectivity index (χ1) is 7.67. The lowest BCUT2D eigenvalue weighted by Gasteiger charge is -2.18. The summed E-state index contributed by atoms with van der Waals surface area (Å²) in [5.74, 6) is 0. The molecule has 0 aliphatic heterocycles. The van der Waals surface area contributed by atoms with E-state index >= 15 is 0 Å². The maximum absolute atomic E-state index is 8.55. The van der Waals surface area contributed by atoms with Crippen LogP contribution in [0.2, 0.25) is 0 Å². The van der Waals surface area contributed by atoms with Gasteiger partial charge in [-0.3, -0.25) is 0 Å². The molecule has 0 unspecified atom stereocenters. The van der Waals surface area contributed by atoms with E-state index in [0.29, 0.717) is 0 Å². The fourth-order valence-corrected chi connectivity index (χ4v) is 1.99. The zero-order valence-electron chi connectivity index (χ0n) is 9.77. The van der Waals surface area contributed by atoms with Crippen LogP contribution in [0.25, 0.3) is 0 Å². The largest absolute Gasteiger partial charge is 0.349 e. The first-order valence-corrected chi connectivity index (χ1v) is 6.17.